The number of hydrogen-bond donors (Lipinski definition) is 0. The van der Waals surface area contributed by atoms with Crippen LogP contribution in [0.5, 0.6) is 11.5 Å². The minimum Gasteiger partial charge on any atom is -0.492 e. The summed E-state index contributed by atoms with van der Waals surface area (Å²) in [6.07, 6.45) is 0. The van der Waals surface area contributed by atoms with Crippen LogP contribution >= 0.6 is 11.6 Å². The van der Waals surface area contributed by atoms with Gasteiger partial charge in [-0.1, -0.05) is 18.2 Å². The molecule has 6 heteroatoms. The Hall–Kier alpha value is -2.53. The van der Waals surface area contributed by atoms with E-state index < -0.39 is 5.97 Å². The second kappa shape index (κ2) is 6.93. The third kappa shape index (κ3) is 3.08. The summed E-state index contributed by atoms with van der Waals surface area (Å²) < 4.78 is 12.9. The molecule has 24 heavy (non-hydrogen) atoms. The number of carbonyl (C=O) groups is 1. The van der Waals surface area contributed by atoms with Gasteiger partial charge in [0, 0.05) is 7.05 Å². The van der Waals surface area contributed by atoms with E-state index in [1.165, 1.54) is 0 Å². The van der Waals surface area contributed by atoms with Crippen LogP contribution in [0.4, 0.5) is 0 Å². The Morgan fingerprint density at radius 3 is 2.67 bits per heavy atom. The summed E-state index contributed by atoms with van der Waals surface area (Å²) in [6.45, 7) is 2.35. The molecule has 0 saturated heterocycles. The first-order chi connectivity index (χ1) is 11.6. The fourth-order valence-corrected chi connectivity index (χ4v) is 2.70. The smallest absolute Gasteiger partial charge is 0.343 e. The molecule has 0 aliphatic carbocycles. The number of rotatable bonds is 5. The lowest BCUT2D eigenvalue weighted by molar-refractivity contribution is 0.0734. The summed E-state index contributed by atoms with van der Waals surface area (Å²) in [5.41, 5.74) is 1.86. The Morgan fingerprint density at radius 1 is 1.25 bits per heavy atom. The summed E-state index contributed by atoms with van der Waals surface area (Å²) in [4.78, 5) is 17.0. The zero-order chi connectivity index (χ0) is 17.1. The van der Waals surface area contributed by atoms with E-state index in [0.717, 1.165) is 5.52 Å². The van der Waals surface area contributed by atoms with Gasteiger partial charge in [-0.25, -0.2) is 9.78 Å². The van der Waals surface area contributed by atoms with Crippen LogP contribution < -0.4 is 9.47 Å². The van der Waals surface area contributed by atoms with Crippen LogP contribution in [0.3, 0.4) is 0 Å². The van der Waals surface area contributed by atoms with Gasteiger partial charge >= 0.3 is 5.97 Å². The van der Waals surface area contributed by atoms with Gasteiger partial charge in [0.15, 0.2) is 0 Å². The molecule has 0 saturated carbocycles. The van der Waals surface area contributed by atoms with E-state index >= 15 is 0 Å². The summed E-state index contributed by atoms with van der Waals surface area (Å²) in [5.74, 6) is 1.58. The van der Waals surface area contributed by atoms with Gasteiger partial charge in [0.25, 0.3) is 0 Å². The molecule has 124 valence electrons. The van der Waals surface area contributed by atoms with Gasteiger partial charge in [-0.2, -0.15) is 0 Å². The number of hydrogen-bond acceptors (Lipinski definition) is 4. The molecular weight excluding hydrogens is 328 g/mol. The van der Waals surface area contributed by atoms with E-state index in [4.69, 9.17) is 21.1 Å². The molecule has 0 fully saturated rings. The summed E-state index contributed by atoms with van der Waals surface area (Å²) in [5, 5.41) is 0. The maximum Gasteiger partial charge on any atom is 0.343 e. The molecule has 2 aromatic carbocycles. The van der Waals surface area contributed by atoms with E-state index in [2.05, 4.69) is 4.98 Å². The van der Waals surface area contributed by atoms with Crippen molar-refractivity contribution in [1.29, 1.82) is 0 Å². The number of carbonyl (C=O) groups excluding carboxylic acids is 1. The molecule has 0 atom stereocenters. The standard InChI is InChI=1S/C18H17ClN2O3/c1-3-23-15-10-12(18(22)24-13-7-5-4-6-8-13)9-14-17(15)20-16(11-19)21(14)2/h4-10H,3,11H2,1-2H3. The monoisotopic (exact) mass is 344 g/mol. The molecule has 0 amide bonds. The predicted molar refractivity (Wildman–Crippen MR) is 92.8 cm³/mol. The van der Waals surface area contributed by atoms with E-state index in [0.29, 0.717) is 35.0 Å². The van der Waals surface area contributed by atoms with Crippen molar-refractivity contribution in [1.82, 2.24) is 9.55 Å². The molecule has 1 heterocycles. The predicted octanol–water partition coefficient (Wildman–Crippen LogP) is 3.93. The maximum absolute atomic E-state index is 12.5. The Bertz CT molecular complexity index is 875. The van der Waals surface area contributed by atoms with Crippen LogP contribution in [-0.4, -0.2) is 22.1 Å². The average molecular weight is 345 g/mol. The Balaban J connectivity index is 2.04. The number of imidazole rings is 1. The normalized spacial score (nSPS) is 10.8. The molecule has 0 radical (unpaired) electrons. The van der Waals surface area contributed by atoms with Crippen molar-refractivity contribution in [3.8, 4) is 11.5 Å². The third-order valence-corrected chi connectivity index (χ3v) is 3.89. The quantitative estimate of drug-likeness (QED) is 0.400. The zero-order valence-electron chi connectivity index (χ0n) is 13.5. The summed E-state index contributed by atoms with van der Waals surface area (Å²) in [7, 11) is 1.86. The third-order valence-electron chi connectivity index (χ3n) is 3.65. The van der Waals surface area contributed by atoms with Gasteiger partial charge in [-0.3, -0.25) is 0 Å². The van der Waals surface area contributed by atoms with Crippen molar-refractivity contribution < 1.29 is 14.3 Å². The van der Waals surface area contributed by atoms with Gasteiger partial charge in [-0.15, -0.1) is 11.6 Å². The van der Waals surface area contributed by atoms with Gasteiger partial charge in [-0.05, 0) is 31.2 Å². The van der Waals surface area contributed by atoms with Crippen LogP contribution in [0.1, 0.15) is 23.1 Å². The molecule has 0 N–H and O–H groups in total. The van der Waals surface area contributed by atoms with E-state index in [1.807, 2.05) is 36.7 Å². The number of ether oxygens (including phenoxy) is 2. The minimum absolute atomic E-state index is 0.278. The van der Waals surface area contributed by atoms with Crippen LogP contribution in [0, 0.1) is 0 Å². The van der Waals surface area contributed by atoms with Crippen molar-refractivity contribution >= 4 is 28.6 Å². The number of nitrogens with zero attached hydrogens (tertiary/aromatic N) is 2. The zero-order valence-corrected chi connectivity index (χ0v) is 14.2. The highest BCUT2D eigenvalue weighted by atomic mass is 35.5. The van der Waals surface area contributed by atoms with Crippen molar-refractivity contribution in [2.45, 2.75) is 12.8 Å². The second-order valence-electron chi connectivity index (χ2n) is 5.20. The van der Waals surface area contributed by atoms with Crippen molar-refractivity contribution in [3.63, 3.8) is 0 Å². The van der Waals surface area contributed by atoms with Gasteiger partial charge in [0.2, 0.25) is 0 Å². The molecule has 3 aromatic rings. The molecular formula is C18H17ClN2O3. The maximum atomic E-state index is 12.5. The summed E-state index contributed by atoms with van der Waals surface area (Å²) in [6, 6.07) is 12.3. The number of esters is 1. The Kier molecular flexibility index (Phi) is 4.71. The molecule has 0 aliphatic heterocycles. The lowest BCUT2D eigenvalue weighted by Crippen LogP contribution is -2.09. The number of benzene rings is 2. The Morgan fingerprint density at radius 2 is 2.00 bits per heavy atom. The number of aryl methyl sites for hydroxylation is 1. The van der Waals surface area contributed by atoms with Crippen LogP contribution in [0.2, 0.25) is 0 Å². The number of fused-ring (bicyclic) bond motifs is 1. The number of aromatic nitrogens is 2. The highest BCUT2D eigenvalue weighted by Gasteiger charge is 2.18. The SMILES string of the molecule is CCOc1cc(C(=O)Oc2ccccc2)cc2c1nc(CCl)n2C. The average Bonchev–Trinajstić information content (AvgIpc) is 2.92. The fraction of sp³-hybridized carbons (Fsp3) is 0.222. The van der Waals surface area contributed by atoms with Crippen LogP contribution in [-0.2, 0) is 12.9 Å². The molecule has 0 spiro atoms. The van der Waals surface area contributed by atoms with Crippen molar-refractivity contribution in [2.75, 3.05) is 6.61 Å². The minimum atomic E-state index is -0.447. The molecule has 1 aromatic heterocycles. The fourth-order valence-electron chi connectivity index (χ4n) is 2.46. The summed E-state index contributed by atoms with van der Waals surface area (Å²) >= 11 is 5.93. The number of halogens is 1. The van der Waals surface area contributed by atoms with E-state index in [9.17, 15) is 4.79 Å². The van der Waals surface area contributed by atoms with Gasteiger partial charge in [0.05, 0.1) is 23.6 Å². The first-order valence-corrected chi connectivity index (χ1v) is 8.12. The van der Waals surface area contributed by atoms with Gasteiger partial charge < -0.3 is 14.0 Å². The van der Waals surface area contributed by atoms with Crippen LogP contribution in [0.15, 0.2) is 42.5 Å². The first kappa shape index (κ1) is 16.3. The highest BCUT2D eigenvalue weighted by Crippen LogP contribution is 2.29. The molecule has 5 nitrogen and oxygen atoms in total. The lowest BCUT2D eigenvalue weighted by atomic mass is 10.2. The highest BCUT2D eigenvalue weighted by molar-refractivity contribution is 6.17. The molecule has 0 bridgehead atoms. The van der Waals surface area contributed by atoms with Gasteiger partial charge in [0.1, 0.15) is 22.8 Å². The van der Waals surface area contributed by atoms with E-state index in [1.54, 1.807) is 24.3 Å². The lowest BCUT2D eigenvalue weighted by Gasteiger charge is -2.08. The van der Waals surface area contributed by atoms with E-state index in [-0.39, 0.29) is 5.88 Å². The first-order valence-electron chi connectivity index (χ1n) is 7.59. The second-order valence-corrected chi connectivity index (χ2v) is 5.47. The molecule has 3 rings (SSSR count). The van der Waals surface area contributed by atoms with Crippen molar-refractivity contribution in [2.24, 2.45) is 7.05 Å². The number of alkyl halides is 1. The number of para-hydroxylation sites is 1. The van der Waals surface area contributed by atoms with Crippen molar-refractivity contribution in [3.05, 3.63) is 53.9 Å². The molecule has 0 unspecified atom stereocenters. The largest absolute Gasteiger partial charge is 0.492 e. The Labute approximate surface area is 144 Å². The van der Waals surface area contributed by atoms with Crippen LogP contribution in [0.25, 0.3) is 11.0 Å². The molecule has 0 aliphatic rings. The topological polar surface area (TPSA) is 53.4 Å².